The third-order valence-corrected chi connectivity index (χ3v) is 6.42. The van der Waals surface area contributed by atoms with Crippen molar-refractivity contribution in [1.82, 2.24) is 10.0 Å². The summed E-state index contributed by atoms with van der Waals surface area (Å²) in [6, 6.07) is 9.36. The topological polar surface area (TPSA) is 75.3 Å². The molecule has 1 atom stereocenters. The number of thioether (sulfide) groups is 1. The van der Waals surface area contributed by atoms with Gasteiger partial charge in [0.1, 0.15) is 11.9 Å². The number of hydrogen-bond donors (Lipinski definition) is 2. The number of benzene rings is 2. The highest BCUT2D eigenvalue weighted by atomic mass is 35.5. The van der Waals surface area contributed by atoms with E-state index in [0.29, 0.717) is 22.8 Å². The summed E-state index contributed by atoms with van der Waals surface area (Å²) >= 11 is 7.32. The fourth-order valence-electron chi connectivity index (χ4n) is 2.48. The molecule has 2 N–H and O–H groups in total. The molecule has 0 bridgehead atoms. The van der Waals surface area contributed by atoms with E-state index in [4.69, 9.17) is 11.6 Å². The summed E-state index contributed by atoms with van der Waals surface area (Å²) in [5.41, 5.74) is 1.21. The van der Waals surface area contributed by atoms with Gasteiger partial charge < -0.3 is 5.32 Å². The number of rotatable bonds is 9. The Bertz CT molecular complexity index is 921. The fourth-order valence-corrected chi connectivity index (χ4v) is 4.30. The van der Waals surface area contributed by atoms with Crippen LogP contribution in [-0.2, 0) is 21.4 Å². The van der Waals surface area contributed by atoms with Crippen molar-refractivity contribution in [1.29, 1.82) is 0 Å². The maximum atomic E-state index is 13.4. The lowest BCUT2D eigenvalue weighted by Gasteiger charge is -2.18. The van der Waals surface area contributed by atoms with Gasteiger partial charge in [-0.1, -0.05) is 23.7 Å². The van der Waals surface area contributed by atoms with Gasteiger partial charge >= 0.3 is 0 Å². The van der Waals surface area contributed by atoms with Crippen LogP contribution >= 0.6 is 23.4 Å². The van der Waals surface area contributed by atoms with Gasteiger partial charge in [0.25, 0.3) is 0 Å². The Labute approximate surface area is 174 Å². The van der Waals surface area contributed by atoms with Crippen LogP contribution in [0.15, 0.2) is 47.4 Å². The van der Waals surface area contributed by atoms with E-state index in [1.807, 2.05) is 6.26 Å². The monoisotopic (exact) mass is 444 g/mol. The summed E-state index contributed by atoms with van der Waals surface area (Å²) < 4.78 is 41.0. The van der Waals surface area contributed by atoms with Crippen molar-refractivity contribution in [2.75, 3.05) is 12.0 Å². The lowest BCUT2D eigenvalue weighted by atomic mass is 10.1. The molecule has 0 radical (unpaired) electrons. The maximum Gasteiger partial charge on any atom is 0.241 e. The predicted molar refractivity (Wildman–Crippen MR) is 112 cm³/mol. The van der Waals surface area contributed by atoms with Crippen LogP contribution in [0.2, 0.25) is 5.02 Å². The second-order valence-electron chi connectivity index (χ2n) is 6.21. The number of nitrogens with one attached hydrogen (secondary N) is 2. The van der Waals surface area contributed by atoms with E-state index in [1.54, 1.807) is 19.1 Å². The Morgan fingerprint density at radius 2 is 1.89 bits per heavy atom. The van der Waals surface area contributed by atoms with E-state index in [0.717, 1.165) is 5.56 Å². The number of amides is 1. The molecule has 0 heterocycles. The third kappa shape index (κ3) is 6.48. The van der Waals surface area contributed by atoms with Crippen LogP contribution in [0.1, 0.15) is 17.5 Å². The van der Waals surface area contributed by atoms with Crippen LogP contribution in [0, 0.1) is 12.7 Å². The summed E-state index contributed by atoms with van der Waals surface area (Å²) in [4.78, 5) is 12.6. The molecule has 1 unspecified atom stereocenters. The van der Waals surface area contributed by atoms with Crippen LogP contribution in [0.4, 0.5) is 4.39 Å². The molecule has 2 rings (SSSR count). The minimum absolute atomic E-state index is 0.0352. The molecule has 2 aromatic rings. The summed E-state index contributed by atoms with van der Waals surface area (Å²) in [5.74, 6) is -0.145. The highest BCUT2D eigenvalue weighted by Gasteiger charge is 2.25. The average molecular weight is 445 g/mol. The van der Waals surface area contributed by atoms with Gasteiger partial charge in [-0.25, -0.2) is 12.8 Å². The van der Waals surface area contributed by atoms with Gasteiger partial charge in [-0.05, 0) is 66.8 Å². The summed E-state index contributed by atoms with van der Waals surface area (Å²) in [5, 5.41) is 3.14. The lowest BCUT2D eigenvalue weighted by Crippen LogP contribution is -2.46. The smallest absolute Gasteiger partial charge is 0.241 e. The Hall–Kier alpha value is -1.61. The Kier molecular flexibility index (Phi) is 8.30. The van der Waals surface area contributed by atoms with E-state index >= 15 is 0 Å². The molecule has 0 aliphatic carbocycles. The molecular formula is C19H22ClFN2O3S2. The number of halogens is 2. The molecule has 9 heteroatoms. The van der Waals surface area contributed by atoms with Crippen molar-refractivity contribution in [2.24, 2.45) is 0 Å². The van der Waals surface area contributed by atoms with E-state index in [2.05, 4.69) is 10.0 Å². The molecular weight excluding hydrogens is 423 g/mol. The van der Waals surface area contributed by atoms with E-state index in [-0.39, 0.29) is 17.3 Å². The molecule has 0 spiro atoms. The van der Waals surface area contributed by atoms with Gasteiger partial charge in [-0.3, -0.25) is 4.79 Å². The number of carbonyl (C=O) groups is 1. The Morgan fingerprint density at radius 3 is 2.50 bits per heavy atom. The molecule has 1 amide bonds. The standard InChI is InChI=1S/C19H22ClFN2O3S2/c1-13-11-14(3-8-17(13)21)12-22-19(24)18(9-10-27-2)23-28(25,26)16-6-4-15(20)5-7-16/h3-8,11,18,23H,9-10,12H2,1-2H3,(H,22,24). The maximum absolute atomic E-state index is 13.4. The van der Waals surface area contributed by atoms with Gasteiger partial charge in [0.05, 0.1) is 4.90 Å². The first-order valence-electron chi connectivity index (χ1n) is 8.52. The molecule has 152 valence electrons. The molecule has 28 heavy (non-hydrogen) atoms. The molecule has 0 saturated carbocycles. The largest absolute Gasteiger partial charge is 0.351 e. The second kappa shape index (κ2) is 10.2. The number of hydrogen-bond acceptors (Lipinski definition) is 4. The zero-order valence-electron chi connectivity index (χ0n) is 15.5. The van der Waals surface area contributed by atoms with Gasteiger partial charge in [0, 0.05) is 11.6 Å². The number of sulfonamides is 1. The Balaban J connectivity index is 2.09. The molecule has 0 fully saturated rings. The Morgan fingerprint density at radius 1 is 1.21 bits per heavy atom. The van der Waals surface area contributed by atoms with Crippen LogP contribution in [0.5, 0.6) is 0 Å². The second-order valence-corrected chi connectivity index (χ2v) is 9.35. The quantitative estimate of drug-likeness (QED) is 0.620. The molecule has 2 aromatic carbocycles. The van der Waals surface area contributed by atoms with Crippen molar-refractivity contribution in [3.63, 3.8) is 0 Å². The van der Waals surface area contributed by atoms with Gasteiger partial charge in [0.2, 0.25) is 15.9 Å². The first-order valence-corrected chi connectivity index (χ1v) is 11.8. The molecule has 0 aliphatic rings. The van der Waals surface area contributed by atoms with Gasteiger partial charge in [-0.2, -0.15) is 16.5 Å². The van der Waals surface area contributed by atoms with Crippen molar-refractivity contribution in [3.05, 3.63) is 64.4 Å². The van der Waals surface area contributed by atoms with Gasteiger partial charge in [-0.15, -0.1) is 0 Å². The number of carbonyl (C=O) groups excluding carboxylic acids is 1. The molecule has 0 aromatic heterocycles. The highest BCUT2D eigenvalue weighted by molar-refractivity contribution is 7.98. The van der Waals surface area contributed by atoms with Crippen molar-refractivity contribution in [3.8, 4) is 0 Å². The van der Waals surface area contributed by atoms with Crippen molar-refractivity contribution < 1.29 is 17.6 Å². The SMILES string of the molecule is CSCCC(NS(=O)(=O)c1ccc(Cl)cc1)C(=O)NCc1ccc(F)c(C)c1. The summed E-state index contributed by atoms with van der Waals surface area (Å²) in [6.45, 7) is 1.82. The first-order chi connectivity index (χ1) is 13.2. The zero-order valence-corrected chi connectivity index (χ0v) is 17.9. The van der Waals surface area contributed by atoms with Crippen LogP contribution in [-0.4, -0.2) is 32.4 Å². The molecule has 5 nitrogen and oxygen atoms in total. The fraction of sp³-hybridized carbons (Fsp3) is 0.316. The average Bonchev–Trinajstić information content (AvgIpc) is 2.66. The van der Waals surface area contributed by atoms with Crippen molar-refractivity contribution in [2.45, 2.75) is 30.8 Å². The van der Waals surface area contributed by atoms with E-state index < -0.39 is 22.0 Å². The molecule has 0 saturated heterocycles. The number of aryl methyl sites for hydroxylation is 1. The minimum atomic E-state index is -3.88. The lowest BCUT2D eigenvalue weighted by molar-refractivity contribution is -0.122. The van der Waals surface area contributed by atoms with Crippen LogP contribution in [0.3, 0.4) is 0 Å². The summed E-state index contributed by atoms with van der Waals surface area (Å²) in [7, 11) is -3.88. The molecule has 0 aliphatic heterocycles. The minimum Gasteiger partial charge on any atom is -0.351 e. The van der Waals surface area contributed by atoms with E-state index in [1.165, 1.54) is 42.1 Å². The normalized spacial score (nSPS) is 12.6. The predicted octanol–water partition coefficient (Wildman–Crippen LogP) is 3.50. The van der Waals surface area contributed by atoms with Crippen LogP contribution in [0.25, 0.3) is 0 Å². The van der Waals surface area contributed by atoms with Crippen molar-refractivity contribution >= 4 is 39.3 Å². The first kappa shape index (κ1) is 22.7. The summed E-state index contributed by atoms with van der Waals surface area (Å²) in [6.07, 6.45) is 2.21. The van der Waals surface area contributed by atoms with Gasteiger partial charge in [0.15, 0.2) is 0 Å². The highest BCUT2D eigenvalue weighted by Crippen LogP contribution is 2.15. The third-order valence-electron chi connectivity index (χ3n) is 4.04. The van der Waals surface area contributed by atoms with Crippen LogP contribution < -0.4 is 10.0 Å². The zero-order chi connectivity index (χ0) is 20.7. The van der Waals surface area contributed by atoms with E-state index in [9.17, 15) is 17.6 Å².